The van der Waals surface area contributed by atoms with Crippen LogP contribution in [0.1, 0.15) is 27.7 Å². The first kappa shape index (κ1) is 15.6. The summed E-state index contributed by atoms with van der Waals surface area (Å²) in [6.07, 6.45) is 0. The van der Waals surface area contributed by atoms with Gasteiger partial charge in [0.15, 0.2) is 0 Å². The second-order valence-corrected chi connectivity index (χ2v) is 4.35. The normalized spacial score (nSPS) is 11.4. The van der Waals surface area contributed by atoms with E-state index in [1.54, 1.807) is 0 Å². The van der Waals surface area contributed by atoms with Crippen LogP contribution in [0.15, 0.2) is 12.2 Å². The minimum absolute atomic E-state index is 0.523. The van der Waals surface area contributed by atoms with Gasteiger partial charge in [0.1, 0.15) is 0 Å². The quantitative estimate of drug-likeness (QED) is 0.456. The molecule has 0 aliphatic carbocycles. The van der Waals surface area contributed by atoms with Crippen molar-refractivity contribution >= 4 is 0 Å². The van der Waals surface area contributed by atoms with Crippen LogP contribution in [0.25, 0.3) is 0 Å². The van der Waals surface area contributed by atoms with Crippen molar-refractivity contribution in [1.82, 2.24) is 10.2 Å². The number of hydrogen-bond donors (Lipinski definition) is 1. The predicted molar refractivity (Wildman–Crippen MR) is 70.9 cm³/mol. The lowest BCUT2D eigenvalue weighted by Crippen LogP contribution is -2.33. The van der Waals surface area contributed by atoms with E-state index in [9.17, 15) is 0 Å². The highest BCUT2D eigenvalue weighted by Gasteiger charge is 2.04. The van der Waals surface area contributed by atoms with Gasteiger partial charge in [-0.1, -0.05) is 27.4 Å². The molecule has 0 amide bonds. The molecule has 0 bridgehead atoms. The van der Waals surface area contributed by atoms with Crippen LogP contribution in [0.5, 0.6) is 0 Å². The molecule has 1 N–H and O–H groups in total. The number of nitrogens with zero attached hydrogens (tertiary/aromatic N) is 1. The zero-order valence-electron chi connectivity index (χ0n) is 11.4. The van der Waals surface area contributed by atoms with E-state index in [2.05, 4.69) is 37.6 Å². The van der Waals surface area contributed by atoms with Crippen LogP contribution in [0.4, 0.5) is 0 Å². The fourth-order valence-corrected chi connectivity index (χ4v) is 1.41. The van der Waals surface area contributed by atoms with E-state index in [0.717, 1.165) is 39.4 Å². The lowest BCUT2D eigenvalue weighted by molar-refractivity contribution is 0.118. The standard InChI is InChI=1S/C13H28N2O/c1-6-15(8-9-16-7-2)11-13(5)10-14-12(3)4/h12,14H,5-11H2,1-4H3. The Kier molecular flexibility index (Phi) is 9.59. The number of hydrogen-bond acceptors (Lipinski definition) is 3. The van der Waals surface area contributed by atoms with E-state index in [1.165, 1.54) is 5.57 Å². The number of ether oxygens (including phenoxy) is 1. The van der Waals surface area contributed by atoms with E-state index < -0.39 is 0 Å². The fraction of sp³-hybridized carbons (Fsp3) is 0.846. The first-order chi connectivity index (χ1) is 7.60. The zero-order chi connectivity index (χ0) is 12.4. The van der Waals surface area contributed by atoms with Gasteiger partial charge in [-0.2, -0.15) is 0 Å². The summed E-state index contributed by atoms with van der Waals surface area (Å²) < 4.78 is 5.36. The van der Waals surface area contributed by atoms with Crippen LogP contribution in [-0.4, -0.2) is 50.3 Å². The smallest absolute Gasteiger partial charge is 0.0593 e. The molecule has 0 aromatic carbocycles. The number of likely N-dealkylation sites (N-methyl/N-ethyl adjacent to an activating group) is 1. The van der Waals surface area contributed by atoms with E-state index in [0.29, 0.717) is 6.04 Å². The molecule has 0 aliphatic rings. The van der Waals surface area contributed by atoms with Gasteiger partial charge in [0.05, 0.1) is 6.61 Å². The molecule has 0 heterocycles. The van der Waals surface area contributed by atoms with Crippen LogP contribution in [0.2, 0.25) is 0 Å². The molecule has 3 heteroatoms. The molecule has 0 aliphatic heterocycles. The summed E-state index contributed by atoms with van der Waals surface area (Å²) in [4.78, 5) is 2.36. The Morgan fingerprint density at radius 1 is 1.38 bits per heavy atom. The Morgan fingerprint density at radius 3 is 2.56 bits per heavy atom. The molecule has 0 aromatic rings. The van der Waals surface area contributed by atoms with Gasteiger partial charge >= 0.3 is 0 Å². The Hall–Kier alpha value is -0.380. The number of rotatable bonds is 10. The summed E-state index contributed by atoms with van der Waals surface area (Å²) in [5, 5.41) is 3.38. The van der Waals surface area contributed by atoms with E-state index in [1.807, 2.05) is 6.92 Å². The van der Waals surface area contributed by atoms with Crippen molar-refractivity contribution in [2.24, 2.45) is 0 Å². The van der Waals surface area contributed by atoms with Crippen molar-refractivity contribution in [1.29, 1.82) is 0 Å². The molecule has 0 aromatic heterocycles. The lowest BCUT2D eigenvalue weighted by Gasteiger charge is -2.22. The Morgan fingerprint density at radius 2 is 2.06 bits per heavy atom. The van der Waals surface area contributed by atoms with Gasteiger partial charge in [0, 0.05) is 32.3 Å². The van der Waals surface area contributed by atoms with Crippen LogP contribution in [-0.2, 0) is 4.74 Å². The van der Waals surface area contributed by atoms with Crippen LogP contribution in [0.3, 0.4) is 0 Å². The maximum atomic E-state index is 5.36. The van der Waals surface area contributed by atoms with Crippen molar-refractivity contribution in [3.05, 3.63) is 12.2 Å². The molecule has 0 radical (unpaired) electrons. The second kappa shape index (κ2) is 9.82. The molecule has 96 valence electrons. The third-order valence-corrected chi connectivity index (χ3v) is 2.41. The maximum Gasteiger partial charge on any atom is 0.0593 e. The monoisotopic (exact) mass is 228 g/mol. The first-order valence-electron chi connectivity index (χ1n) is 6.30. The summed E-state index contributed by atoms with van der Waals surface area (Å²) in [6, 6.07) is 0.523. The minimum Gasteiger partial charge on any atom is -0.380 e. The largest absolute Gasteiger partial charge is 0.380 e. The molecule has 0 fully saturated rings. The Labute approximate surface area is 101 Å². The molecule has 0 spiro atoms. The molecule has 0 unspecified atom stereocenters. The van der Waals surface area contributed by atoms with Crippen molar-refractivity contribution < 1.29 is 4.74 Å². The van der Waals surface area contributed by atoms with Crippen molar-refractivity contribution in [3.63, 3.8) is 0 Å². The van der Waals surface area contributed by atoms with Crippen LogP contribution < -0.4 is 5.32 Å². The average molecular weight is 228 g/mol. The minimum atomic E-state index is 0.523. The van der Waals surface area contributed by atoms with Crippen molar-refractivity contribution in [2.75, 3.05) is 39.4 Å². The molecule has 0 rings (SSSR count). The first-order valence-corrected chi connectivity index (χ1v) is 6.30. The Balaban J connectivity index is 3.70. The predicted octanol–water partition coefficient (Wildman–Crippen LogP) is 1.90. The summed E-state index contributed by atoms with van der Waals surface area (Å²) in [5.74, 6) is 0. The third-order valence-electron chi connectivity index (χ3n) is 2.41. The maximum absolute atomic E-state index is 5.36. The third kappa shape index (κ3) is 8.89. The summed E-state index contributed by atoms with van der Waals surface area (Å²) in [6.45, 7) is 18.1. The summed E-state index contributed by atoms with van der Waals surface area (Å²) in [7, 11) is 0. The molecule has 0 saturated carbocycles. The summed E-state index contributed by atoms with van der Waals surface area (Å²) in [5.41, 5.74) is 1.24. The fourth-order valence-electron chi connectivity index (χ4n) is 1.41. The Bertz CT molecular complexity index is 181. The van der Waals surface area contributed by atoms with Gasteiger partial charge in [0.2, 0.25) is 0 Å². The highest BCUT2D eigenvalue weighted by atomic mass is 16.5. The highest BCUT2D eigenvalue weighted by Crippen LogP contribution is 1.96. The molecule has 0 atom stereocenters. The van der Waals surface area contributed by atoms with Gasteiger partial charge < -0.3 is 10.1 Å². The van der Waals surface area contributed by atoms with Crippen molar-refractivity contribution in [3.8, 4) is 0 Å². The second-order valence-electron chi connectivity index (χ2n) is 4.35. The topological polar surface area (TPSA) is 24.5 Å². The molecular weight excluding hydrogens is 200 g/mol. The molecule has 16 heavy (non-hydrogen) atoms. The summed E-state index contributed by atoms with van der Waals surface area (Å²) >= 11 is 0. The highest BCUT2D eigenvalue weighted by molar-refractivity contribution is 5.00. The number of nitrogens with one attached hydrogen (secondary N) is 1. The van der Waals surface area contributed by atoms with Crippen LogP contribution in [0, 0.1) is 0 Å². The molecular formula is C13H28N2O. The average Bonchev–Trinajstić information content (AvgIpc) is 2.25. The zero-order valence-corrected chi connectivity index (χ0v) is 11.4. The van der Waals surface area contributed by atoms with Gasteiger partial charge in [-0.15, -0.1) is 0 Å². The molecule has 3 nitrogen and oxygen atoms in total. The molecule has 0 saturated heterocycles. The van der Waals surface area contributed by atoms with Crippen molar-refractivity contribution in [2.45, 2.75) is 33.7 Å². The van der Waals surface area contributed by atoms with Crippen LogP contribution >= 0.6 is 0 Å². The SMILES string of the molecule is C=C(CNC(C)C)CN(CC)CCOCC. The van der Waals surface area contributed by atoms with Gasteiger partial charge in [0.25, 0.3) is 0 Å². The van der Waals surface area contributed by atoms with Gasteiger partial charge in [-0.25, -0.2) is 0 Å². The van der Waals surface area contributed by atoms with Gasteiger partial charge in [-0.3, -0.25) is 4.90 Å². The lowest BCUT2D eigenvalue weighted by atomic mass is 10.2. The van der Waals surface area contributed by atoms with E-state index in [-0.39, 0.29) is 0 Å². The van der Waals surface area contributed by atoms with E-state index in [4.69, 9.17) is 4.74 Å². The van der Waals surface area contributed by atoms with Gasteiger partial charge in [-0.05, 0) is 19.0 Å². The van der Waals surface area contributed by atoms with E-state index >= 15 is 0 Å².